The summed E-state index contributed by atoms with van der Waals surface area (Å²) >= 11 is 0. The van der Waals surface area contributed by atoms with Gasteiger partial charge in [0, 0.05) is 69.0 Å². The molecule has 0 radical (unpaired) electrons. The van der Waals surface area contributed by atoms with E-state index in [-0.39, 0.29) is 29.7 Å². The van der Waals surface area contributed by atoms with E-state index in [1.54, 1.807) is 12.1 Å². The molecule has 320 valence electrons. The molecular formula is C43H57N5O11. The van der Waals surface area contributed by atoms with Crippen LogP contribution in [0.2, 0.25) is 0 Å². The van der Waals surface area contributed by atoms with Crippen LogP contribution in [-0.4, -0.2) is 156 Å². The Hall–Kier alpha value is -4.49. The van der Waals surface area contributed by atoms with E-state index in [1.165, 1.54) is 12.1 Å². The van der Waals surface area contributed by atoms with Crippen molar-refractivity contribution in [3.05, 3.63) is 88.3 Å². The molecule has 3 aromatic carbocycles. The Kier molecular flexibility index (Phi) is 15.8. The molecule has 6 rings (SSSR count). The zero-order valence-electron chi connectivity index (χ0n) is 33.4. The predicted octanol–water partition coefficient (Wildman–Crippen LogP) is 0.513. The molecule has 2 aliphatic heterocycles. The van der Waals surface area contributed by atoms with Crippen LogP contribution in [0.4, 0.5) is 0 Å². The lowest BCUT2D eigenvalue weighted by molar-refractivity contribution is -0.231. The molecule has 2 aliphatic rings. The van der Waals surface area contributed by atoms with E-state index in [2.05, 4.69) is 25.8 Å². The molecular weight excluding hydrogens is 762 g/mol. The summed E-state index contributed by atoms with van der Waals surface area (Å²) in [7, 11) is 0. The largest absolute Gasteiger partial charge is 0.490 e. The Balaban J connectivity index is 0.815. The van der Waals surface area contributed by atoms with Crippen LogP contribution >= 0.6 is 0 Å². The van der Waals surface area contributed by atoms with Gasteiger partial charge in [-0.2, -0.15) is 0 Å². The molecule has 0 saturated carbocycles. The van der Waals surface area contributed by atoms with Crippen LogP contribution in [0.5, 0.6) is 5.75 Å². The quantitative estimate of drug-likeness (QED) is 0.0477. The van der Waals surface area contributed by atoms with Gasteiger partial charge in [0.2, 0.25) is 5.91 Å². The monoisotopic (exact) mass is 819 g/mol. The third-order valence-electron chi connectivity index (χ3n) is 11.0. The lowest BCUT2D eigenvalue weighted by Crippen LogP contribution is -2.55. The number of nitrogens with zero attached hydrogens (tertiary/aromatic N) is 2. The summed E-state index contributed by atoms with van der Waals surface area (Å²) < 4.78 is 16.9. The van der Waals surface area contributed by atoms with Crippen molar-refractivity contribution in [2.75, 3.05) is 72.1 Å². The van der Waals surface area contributed by atoms with E-state index in [0.29, 0.717) is 43.4 Å². The number of aliphatic hydroxyl groups is 5. The highest BCUT2D eigenvalue weighted by molar-refractivity contribution is 5.96. The summed E-state index contributed by atoms with van der Waals surface area (Å²) in [6.45, 7) is 8.04. The highest BCUT2D eigenvalue weighted by Gasteiger charge is 2.44. The highest BCUT2D eigenvalue weighted by Crippen LogP contribution is 2.33. The van der Waals surface area contributed by atoms with Crippen LogP contribution < -0.4 is 26.3 Å². The van der Waals surface area contributed by atoms with Crippen molar-refractivity contribution < 1.29 is 49.0 Å². The van der Waals surface area contributed by atoms with E-state index >= 15 is 0 Å². The van der Waals surface area contributed by atoms with Gasteiger partial charge in [-0.05, 0) is 62.0 Å². The van der Waals surface area contributed by atoms with Gasteiger partial charge in [-0.3, -0.25) is 9.59 Å². The normalized spacial score (nSPS) is 22.6. The first-order valence-corrected chi connectivity index (χ1v) is 20.4. The van der Waals surface area contributed by atoms with Crippen LogP contribution in [0, 0.1) is 0 Å². The number of fused-ring (bicyclic) bond motifs is 2. The number of ether oxygens (including phenoxy) is 2. The van der Waals surface area contributed by atoms with Gasteiger partial charge in [0.1, 0.15) is 60.1 Å². The summed E-state index contributed by atoms with van der Waals surface area (Å²) in [5.74, 6) is 0.153. The molecule has 2 unspecified atom stereocenters. The zero-order chi connectivity index (χ0) is 41.9. The van der Waals surface area contributed by atoms with Crippen molar-refractivity contribution in [2.24, 2.45) is 0 Å². The molecule has 2 fully saturated rings. The van der Waals surface area contributed by atoms with E-state index < -0.39 is 54.8 Å². The van der Waals surface area contributed by atoms with Gasteiger partial charge in [-0.25, -0.2) is 4.79 Å². The maximum absolute atomic E-state index is 12.9. The molecule has 0 bridgehead atoms. The molecule has 0 spiro atoms. The Bertz CT molecular complexity index is 2050. The van der Waals surface area contributed by atoms with Crippen molar-refractivity contribution in [2.45, 2.75) is 68.9 Å². The summed E-state index contributed by atoms with van der Waals surface area (Å²) in [5.41, 5.74) is -0.445. The van der Waals surface area contributed by atoms with Gasteiger partial charge in [-0.15, -0.1) is 0 Å². The summed E-state index contributed by atoms with van der Waals surface area (Å²) in [6, 6.07) is 19.8. The summed E-state index contributed by atoms with van der Waals surface area (Å²) in [5, 5.41) is 62.2. The number of piperazine rings is 1. The van der Waals surface area contributed by atoms with Crippen LogP contribution in [0.15, 0.2) is 75.9 Å². The molecule has 0 aliphatic carbocycles. The lowest BCUT2D eigenvalue weighted by atomic mass is 9.91. The highest BCUT2D eigenvalue weighted by atomic mass is 16.5. The Morgan fingerprint density at radius 2 is 1.56 bits per heavy atom. The molecule has 2 amide bonds. The number of nitrogens with one attached hydrogen (secondary N) is 3. The fourth-order valence-electron chi connectivity index (χ4n) is 7.53. The second-order valence-corrected chi connectivity index (χ2v) is 15.4. The Labute approximate surface area is 342 Å². The standard InChI is InChI=1S/C43H57N5O11/c1-27(46-24-31(50)26-57-34-10-4-8-28-7-2-3-9-32(28)34)21-37(51)44-13-5-15-47-17-19-48(20-18-47)16-6-14-45-42(55)33-22-29-11-12-30(23-35(29)59-43(33)56)41-40(54)39(53)38(52)36(25-49)58-41/h2-4,7-12,22-23,27,31,36,38-41,46,49-50,52-54H,5-6,13-21,24-26H2,1H3,(H,44,51)(H,45,55)/t27?,31?,36-,38+,39+,40-,41+/m1/s1. The van der Waals surface area contributed by atoms with Gasteiger partial charge < -0.3 is 65.2 Å². The van der Waals surface area contributed by atoms with Gasteiger partial charge in [0.25, 0.3) is 5.91 Å². The number of benzene rings is 3. The number of aliphatic hydroxyl groups excluding tert-OH is 5. The molecule has 16 heteroatoms. The molecule has 2 saturated heterocycles. The van der Waals surface area contributed by atoms with E-state index in [9.17, 15) is 39.9 Å². The summed E-state index contributed by atoms with van der Waals surface area (Å²) in [4.78, 5) is 42.9. The van der Waals surface area contributed by atoms with Crippen LogP contribution in [0.3, 0.4) is 0 Å². The molecule has 16 nitrogen and oxygen atoms in total. The first-order chi connectivity index (χ1) is 28.5. The van der Waals surface area contributed by atoms with Gasteiger partial charge in [0.05, 0.1) is 6.61 Å². The molecule has 59 heavy (non-hydrogen) atoms. The van der Waals surface area contributed by atoms with Gasteiger partial charge in [0.15, 0.2) is 0 Å². The zero-order valence-corrected chi connectivity index (χ0v) is 33.4. The number of carbonyl (C=O) groups is 2. The third kappa shape index (κ3) is 11.8. The summed E-state index contributed by atoms with van der Waals surface area (Å²) in [6.07, 6.45) is -5.56. The fraction of sp³-hybridized carbons (Fsp3) is 0.512. The average Bonchev–Trinajstić information content (AvgIpc) is 3.24. The van der Waals surface area contributed by atoms with Crippen molar-refractivity contribution in [1.29, 1.82) is 0 Å². The SMILES string of the molecule is CC(CC(=O)NCCCN1CCN(CCCNC(=O)c2cc3ccc([C@@H]4O[C@H](CO)[C@H](O)[C@H](O)[C@H]4O)cc3oc2=O)CC1)NCC(O)COc1cccc2ccccc12. The smallest absolute Gasteiger partial charge is 0.349 e. The van der Waals surface area contributed by atoms with E-state index in [4.69, 9.17) is 13.9 Å². The fourth-order valence-corrected chi connectivity index (χ4v) is 7.53. The van der Waals surface area contributed by atoms with Crippen molar-refractivity contribution in [3.8, 4) is 5.75 Å². The minimum absolute atomic E-state index is 0.0337. The topological polar surface area (TPSA) is 227 Å². The van der Waals surface area contributed by atoms with E-state index in [1.807, 2.05) is 49.4 Å². The van der Waals surface area contributed by atoms with Crippen LogP contribution in [0.25, 0.3) is 21.7 Å². The minimum Gasteiger partial charge on any atom is -0.490 e. The maximum Gasteiger partial charge on any atom is 0.349 e. The van der Waals surface area contributed by atoms with Crippen molar-refractivity contribution >= 4 is 33.6 Å². The predicted molar refractivity (Wildman–Crippen MR) is 220 cm³/mol. The number of carbonyl (C=O) groups excluding carboxylic acids is 2. The number of rotatable bonds is 19. The first-order valence-electron chi connectivity index (χ1n) is 20.4. The molecule has 1 aromatic heterocycles. The maximum atomic E-state index is 12.9. The Morgan fingerprint density at radius 3 is 2.29 bits per heavy atom. The average molecular weight is 820 g/mol. The van der Waals surface area contributed by atoms with Crippen LogP contribution in [-0.2, 0) is 9.53 Å². The second kappa shape index (κ2) is 21.2. The van der Waals surface area contributed by atoms with Gasteiger partial charge >= 0.3 is 5.63 Å². The number of hydrogen-bond acceptors (Lipinski definition) is 14. The van der Waals surface area contributed by atoms with Gasteiger partial charge in [-0.1, -0.05) is 48.5 Å². The van der Waals surface area contributed by atoms with Crippen LogP contribution in [0.1, 0.15) is 48.2 Å². The minimum atomic E-state index is -1.55. The number of amides is 2. The first kappa shape index (κ1) is 44.1. The second-order valence-electron chi connectivity index (χ2n) is 15.4. The van der Waals surface area contributed by atoms with Crippen molar-refractivity contribution in [3.63, 3.8) is 0 Å². The molecule has 7 atom stereocenters. The molecule has 4 aromatic rings. The lowest BCUT2D eigenvalue weighted by Gasteiger charge is -2.40. The van der Waals surface area contributed by atoms with E-state index in [0.717, 1.165) is 62.2 Å². The van der Waals surface area contributed by atoms with Crippen molar-refractivity contribution in [1.82, 2.24) is 25.8 Å². The Morgan fingerprint density at radius 1 is 0.864 bits per heavy atom. The molecule has 3 heterocycles. The molecule has 8 N–H and O–H groups in total. The third-order valence-corrected chi connectivity index (χ3v) is 11.0. The number of hydrogen-bond donors (Lipinski definition) is 8.